The van der Waals surface area contributed by atoms with Gasteiger partial charge in [-0.3, -0.25) is 9.69 Å². The Balaban J connectivity index is 1.53. The summed E-state index contributed by atoms with van der Waals surface area (Å²) < 4.78 is 11.2. The Morgan fingerprint density at radius 2 is 1.93 bits per heavy atom. The molecule has 0 bridgehead atoms. The first-order valence-corrected chi connectivity index (χ1v) is 10.6. The van der Waals surface area contributed by atoms with Crippen molar-refractivity contribution in [2.45, 2.75) is 26.3 Å². The van der Waals surface area contributed by atoms with Crippen molar-refractivity contribution in [3.05, 3.63) is 71.8 Å². The maximum atomic E-state index is 12.7. The molecule has 30 heavy (non-hydrogen) atoms. The van der Waals surface area contributed by atoms with Crippen LogP contribution in [0.2, 0.25) is 0 Å². The molecule has 0 spiro atoms. The standard InChI is InChI=1S/C25H32N2O3/c1-4-8-21-11-12-23(24(17-21)29-3)30-19-25(28)27-14-7-13-26(15-16-27)18-22-10-6-5-9-20(22)2/h4-6,9-12,17H,1,7-8,13-16,18-19H2,2-3H3. The summed E-state index contributed by atoms with van der Waals surface area (Å²) in [7, 11) is 1.61. The van der Waals surface area contributed by atoms with Crippen LogP contribution in [0.15, 0.2) is 55.1 Å². The lowest BCUT2D eigenvalue weighted by Crippen LogP contribution is -2.38. The van der Waals surface area contributed by atoms with E-state index in [4.69, 9.17) is 9.47 Å². The van der Waals surface area contributed by atoms with Gasteiger partial charge in [0.1, 0.15) is 0 Å². The maximum absolute atomic E-state index is 12.7. The Hall–Kier alpha value is -2.79. The van der Waals surface area contributed by atoms with E-state index in [0.717, 1.165) is 51.1 Å². The van der Waals surface area contributed by atoms with Crippen molar-refractivity contribution < 1.29 is 14.3 Å². The highest BCUT2D eigenvalue weighted by Crippen LogP contribution is 2.28. The highest BCUT2D eigenvalue weighted by molar-refractivity contribution is 5.78. The van der Waals surface area contributed by atoms with E-state index in [2.05, 4.69) is 42.7 Å². The number of aryl methyl sites for hydroxylation is 1. The van der Waals surface area contributed by atoms with Gasteiger partial charge in [0.2, 0.25) is 0 Å². The summed E-state index contributed by atoms with van der Waals surface area (Å²) in [5, 5.41) is 0. The molecular formula is C25H32N2O3. The van der Waals surface area contributed by atoms with Crippen molar-refractivity contribution in [1.29, 1.82) is 0 Å². The fraction of sp³-hybridized carbons (Fsp3) is 0.400. The van der Waals surface area contributed by atoms with E-state index < -0.39 is 0 Å². The molecule has 0 unspecified atom stereocenters. The van der Waals surface area contributed by atoms with Gasteiger partial charge in [-0.05, 0) is 48.6 Å². The molecule has 0 aliphatic carbocycles. The second kappa shape index (κ2) is 10.8. The smallest absolute Gasteiger partial charge is 0.260 e. The summed E-state index contributed by atoms with van der Waals surface area (Å²) >= 11 is 0. The van der Waals surface area contributed by atoms with Crippen molar-refractivity contribution >= 4 is 5.91 Å². The third-order valence-corrected chi connectivity index (χ3v) is 5.56. The second-order valence-electron chi connectivity index (χ2n) is 7.70. The third kappa shape index (κ3) is 5.86. The highest BCUT2D eigenvalue weighted by Gasteiger charge is 2.20. The maximum Gasteiger partial charge on any atom is 0.260 e. The molecule has 1 heterocycles. The lowest BCUT2D eigenvalue weighted by molar-refractivity contribution is -0.133. The van der Waals surface area contributed by atoms with Gasteiger partial charge in [-0.1, -0.05) is 36.4 Å². The minimum Gasteiger partial charge on any atom is -0.493 e. The molecule has 5 nitrogen and oxygen atoms in total. The number of amides is 1. The van der Waals surface area contributed by atoms with Crippen molar-refractivity contribution in [2.24, 2.45) is 0 Å². The topological polar surface area (TPSA) is 42.0 Å². The van der Waals surface area contributed by atoms with Crippen molar-refractivity contribution in [3.8, 4) is 11.5 Å². The van der Waals surface area contributed by atoms with Gasteiger partial charge in [-0.15, -0.1) is 6.58 Å². The molecule has 1 saturated heterocycles. The Morgan fingerprint density at radius 3 is 2.70 bits per heavy atom. The van der Waals surface area contributed by atoms with E-state index >= 15 is 0 Å². The number of rotatable bonds is 8. The predicted octanol–water partition coefficient (Wildman–Crippen LogP) is 3.85. The van der Waals surface area contributed by atoms with Gasteiger partial charge in [-0.2, -0.15) is 0 Å². The monoisotopic (exact) mass is 408 g/mol. The molecule has 0 saturated carbocycles. The van der Waals surface area contributed by atoms with Crippen LogP contribution in [0.25, 0.3) is 0 Å². The van der Waals surface area contributed by atoms with Crippen LogP contribution >= 0.6 is 0 Å². The highest BCUT2D eigenvalue weighted by atomic mass is 16.5. The number of hydrogen-bond donors (Lipinski definition) is 0. The minimum atomic E-state index is 0.0185. The first-order chi connectivity index (χ1) is 14.6. The first-order valence-electron chi connectivity index (χ1n) is 10.6. The van der Waals surface area contributed by atoms with Gasteiger partial charge in [0.25, 0.3) is 5.91 Å². The fourth-order valence-electron chi connectivity index (χ4n) is 3.76. The van der Waals surface area contributed by atoms with Crippen LogP contribution in [0.4, 0.5) is 0 Å². The molecule has 2 aromatic carbocycles. The van der Waals surface area contributed by atoms with Gasteiger partial charge in [0.05, 0.1) is 7.11 Å². The van der Waals surface area contributed by atoms with E-state index in [1.165, 1.54) is 11.1 Å². The third-order valence-electron chi connectivity index (χ3n) is 5.56. The van der Waals surface area contributed by atoms with E-state index in [0.29, 0.717) is 11.5 Å². The molecule has 0 aromatic heterocycles. The Bertz CT molecular complexity index is 865. The molecule has 1 fully saturated rings. The van der Waals surface area contributed by atoms with E-state index in [1.807, 2.05) is 29.2 Å². The summed E-state index contributed by atoms with van der Waals surface area (Å²) in [6, 6.07) is 14.3. The number of ether oxygens (including phenoxy) is 2. The number of benzene rings is 2. The van der Waals surface area contributed by atoms with Crippen molar-refractivity contribution in [2.75, 3.05) is 39.9 Å². The SMILES string of the molecule is C=CCc1ccc(OCC(=O)N2CCCN(Cc3ccccc3C)CC2)c(OC)c1. The van der Waals surface area contributed by atoms with Gasteiger partial charge in [0.15, 0.2) is 18.1 Å². The summed E-state index contributed by atoms with van der Waals surface area (Å²) in [5.41, 5.74) is 3.77. The first kappa shape index (κ1) is 21.9. The van der Waals surface area contributed by atoms with Crippen LogP contribution in [-0.2, 0) is 17.8 Å². The molecule has 0 N–H and O–H groups in total. The normalized spacial score (nSPS) is 14.8. The van der Waals surface area contributed by atoms with Crippen LogP contribution in [0.3, 0.4) is 0 Å². The number of carbonyl (C=O) groups excluding carboxylic acids is 1. The van der Waals surface area contributed by atoms with Crippen LogP contribution in [0, 0.1) is 6.92 Å². The van der Waals surface area contributed by atoms with Crippen molar-refractivity contribution in [1.82, 2.24) is 9.80 Å². The predicted molar refractivity (Wildman–Crippen MR) is 120 cm³/mol. The Kier molecular flexibility index (Phi) is 7.91. The van der Waals surface area contributed by atoms with Gasteiger partial charge >= 0.3 is 0 Å². The Labute approximate surface area is 179 Å². The zero-order valence-electron chi connectivity index (χ0n) is 18.1. The van der Waals surface area contributed by atoms with E-state index in [1.54, 1.807) is 7.11 Å². The lowest BCUT2D eigenvalue weighted by atomic mass is 10.1. The molecule has 0 atom stereocenters. The molecule has 1 aliphatic rings. The Morgan fingerprint density at radius 1 is 1.10 bits per heavy atom. The number of methoxy groups -OCH3 is 1. The quantitative estimate of drug-likeness (QED) is 0.623. The molecule has 2 aromatic rings. The second-order valence-corrected chi connectivity index (χ2v) is 7.70. The number of carbonyl (C=O) groups is 1. The summed E-state index contributed by atoms with van der Waals surface area (Å²) in [6.07, 6.45) is 3.58. The average molecular weight is 409 g/mol. The molecule has 1 amide bonds. The number of nitrogens with zero attached hydrogens (tertiary/aromatic N) is 2. The molecular weight excluding hydrogens is 376 g/mol. The van der Waals surface area contributed by atoms with Crippen LogP contribution < -0.4 is 9.47 Å². The van der Waals surface area contributed by atoms with Gasteiger partial charge < -0.3 is 14.4 Å². The van der Waals surface area contributed by atoms with Crippen LogP contribution in [-0.4, -0.2) is 55.6 Å². The van der Waals surface area contributed by atoms with E-state index in [-0.39, 0.29) is 12.5 Å². The number of hydrogen-bond acceptors (Lipinski definition) is 4. The molecule has 160 valence electrons. The summed E-state index contributed by atoms with van der Waals surface area (Å²) in [5.74, 6) is 1.25. The summed E-state index contributed by atoms with van der Waals surface area (Å²) in [4.78, 5) is 17.1. The summed E-state index contributed by atoms with van der Waals surface area (Å²) in [6.45, 7) is 10.2. The van der Waals surface area contributed by atoms with Crippen molar-refractivity contribution in [3.63, 3.8) is 0 Å². The molecule has 1 aliphatic heterocycles. The zero-order valence-corrected chi connectivity index (χ0v) is 18.1. The molecule has 3 rings (SSSR count). The molecule has 5 heteroatoms. The van der Waals surface area contributed by atoms with Crippen LogP contribution in [0.5, 0.6) is 11.5 Å². The largest absolute Gasteiger partial charge is 0.493 e. The average Bonchev–Trinajstić information content (AvgIpc) is 3.00. The van der Waals surface area contributed by atoms with Gasteiger partial charge in [-0.25, -0.2) is 0 Å². The van der Waals surface area contributed by atoms with Crippen LogP contribution in [0.1, 0.15) is 23.1 Å². The lowest BCUT2D eigenvalue weighted by Gasteiger charge is -2.23. The fourth-order valence-corrected chi connectivity index (χ4v) is 3.76. The zero-order chi connectivity index (χ0) is 21.3. The minimum absolute atomic E-state index is 0.0185. The van der Waals surface area contributed by atoms with Gasteiger partial charge in [0, 0.05) is 32.7 Å². The molecule has 0 radical (unpaired) electrons. The van der Waals surface area contributed by atoms with E-state index in [9.17, 15) is 4.79 Å². The number of allylic oxidation sites excluding steroid dienone is 1.